The van der Waals surface area contributed by atoms with E-state index in [1.54, 1.807) is 13.8 Å². The first-order valence-electron chi connectivity index (χ1n) is 7.59. The Labute approximate surface area is 127 Å². The Bertz CT molecular complexity index is 320. The second kappa shape index (κ2) is 9.47. The fraction of sp³-hybridized carbons (Fsp3) is 0.867. The van der Waals surface area contributed by atoms with E-state index < -0.39 is 12.2 Å². The Hall–Kier alpha value is -1.46. The number of nitrogens with two attached hydrogens (primary N) is 2. The van der Waals surface area contributed by atoms with E-state index >= 15 is 0 Å². The number of primary amides is 2. The van der Waals surface area contributed by atoms with E-state index in [1.165, 1.54) is 25.7 Å². The Morgan fingerprint density at radius 2 is 1.62 bits per heavy atom. The summed E-state index contributed by atoms with van der Waals surface area (Å²) in [6.45, 7) is 9.02. The number of hydrogen-bond donors (Lipinski definition) is 2. The summed E-state index contributed by atoms with van der Waals surface area (Å²) in [5, 5.41) is 0. The van der Waals surface area contributed by atoms with Crippen LogP contribution >= 0.6 is 0 Å². The molecule has 2 rings (SSSR count). The molecule has 0 aromatic carbocycles. The zero-order valence-corrected chi connectivity index (χ0v) is 13.7. The van der Waals surface area contributed by atoms with E-state index in [0.29, 0.717) is 13.2 Å². The SMILES string of the molecule is CC1CC2CCC1(C)C2.CCOC(N)=O.CCOC(N)=O. The lowest BCUT2D eigenvalue weighted by atomic mass is 9.78. The van der Waals surface area contributed by atoms with Crippen molar-refractivity contribution in [3.05, 3.63) is 0 Å². The first-order valence-corrected chi connectivity index (χ1v) is 7.59. The third-order valence-electron chi connectivity index (χ3n) is 4.33. The van der Waals surface area contributed by atoms with Crippen LogP contribution < -0.4 is 11.5 Å². The molecule has 4 N–H and O–H groups in total. The number of ether oxygens (including phenoxy) is 2. The maximum Gasteiger partial charge on any atom is 0.404 e. The zero-order chi connectivity index (χ0) is 16.5. The van der Waals surface area contributed by atoms with Crippen molar-refractivity contribution in [2.24, 2.45) is 28.7 Å². The first kappa shape index (κ1) is 19.5. The Kier molecular flexibility index (Phi) is 8.81. The van der Waals surface area contributed by atoms with Gasteiger partial charge in [-0.2, -0.15) is 0 Å². The van der Waals surface area contributed by atoms with Gasteiger partial charge in [-0.15, -0.1) is 0 Å². The summed E-state index contributed by atoms with van der Waals surface area (Å²) in [6.07, 6.45) is 4.68. The molecule has 124 valence electrons. The smallest absolute Gasteiger partial charge is 0.404 e. The fourth-order valence-electron chi connectivity index (χ4n) is 3.12. The predicted molar refractivity (Wildman–Crippen MR) is 81.6 cm³/mol. The van der Waals surface area contributed by atoms with Crippen LogP contribution in [0.5, 0.6) is 0 Å². The Morgan fingerprint density at radius 1 is 1.14 bits per heavy atom. The van der Waals surface area contributed by atoms with Crippen molar-refractivity contribution in [2.45, 2.75) is 53.4 Å². The van der Waals surface area contributed by atoms with Gasteiger partial charge in [0.2, 0.25) is 0 Å². The minimum Gasteiger partial charge on any atom is -0.450 e. The Morgan fingerprint density at radius 3 is 1.71 bits per heavy atom. The van der Waals surface area contributed by atoms with Crippen LogP contribution in [0.4, 0.5) is 9.59 Å². The second-order valence-corrected chi connectivity index (χ2v) is 5.90. The lowest BCUT2D eigenvalue weighted by Gasteiger charge is -2.27. The maximum absolute atomic E-state index is 9.60. The van der Waals surface area contributed by atoms with Gasteiger partial charge in [-0.1, -0.05) is 13.8 Å². The number of rotatable bonds is 2. The molecule has 2 aliphatic rings. The third kappa shape index (κ3) is 7.78. The molecule has 2 fully saturated rings. The van der Waals surface area contributed by atoms with Crippen molar-refractivity contribution < 1.29 is 19.1 Å². The third-order valence-corrected chi connectivity index (χ3v) is 4.33. The van der Waals surface area contributed by atoms with Crippen molar-refractivity contribution in [2.75, 3.05) is 13.2 Å². The maximum atomic E-state index is 9.60. The molecule has 2 saturated carbocycles. The normalized spacial score (nSPS) is 28.6. The molecular formula is C15H30N2O4. The van der Waals surface area contributed by atoms with Crippen LogP contribution in [0.15, 0.2) is 0 Å². The van der Waals surface area contributed by atoms with Gasteiger partial charge < -0.3 is 20.9 Å². The largest absolute Gasteiger partial charge is 0.450 e. The van der Waals surface area contributed by atoms with Gasteiger partial charge in [0.15, 0.2) is 0 Å². The average molecular weight is 302 g/mol. The average Bonchev–Trinajstić information content (AvgIpc) is 2.85. The monoisotopic (exact) mass is 302 g/mol. The summed E-state index contributed by atoms with van der Waals surface area (Å²) < 4.78 is 8.36. The highest BCUT2D eigenvalue weighted by Crippen LogP contribution is 2.56. The predicted octanol–water partition coefficient (Wildman–Crippen LogP) is 3.04. The van der Waals surface area contributed by atoms with Gasteiger partial charge in [-0.25, -0.2) is 9.59 Å². The minimum atomic E-state index is -0.711. The van der Waals surface area contributed by atoms with Gasteiger partial charge in [0, 0.05) is 0 Å². The van der Waals surface area contributed by atoms with Crippen molar-refractivity contribution in [1.29, 1.82) is 0 Å². The molecule has 0 saturated heterocycles. The van der Waals surface area contributed by atoms with E-state index in [1.807, 2.05) is 0 Å². The molecule has 3 atom stereocenters. The molecule has 0 radical (unpaired) electrons. The van der Waals surface area contributed by atoms with Crippen LogP contribution in [0.1, 0.15) is 53.4 Å². The van der Waals surface area contributed by atoms with Crippen LogP contribution in [-0.2, 0) is 9.47 Å². The highest BCUT2D eigenvalue weighted by molar-refractivity contribution is 5.64. The first-order chi connectivity index (χ1) is 9.75. The molecule has 6 heteroatoms. The van der Waals surface area contributed by atoms with E-state index in [4.69, 9.17) is 0 Å². The molecular weight excluding hydrogens is 272 g/mol. The summed E-state index contributed by atoms with van der Waals surface area (Å²) in [4.78, 5) is 19.2. The van der Waals surface area contributed by atoms with Crippen molar-refractivity contribution >= 4 is 12.2 Å². The van der Waals surface area contributed by atoms with Gasteiger partial charge in [0.25, 0.3) is 0 Å². The van der Waals surface area contributed by atoms with Crippen LogP contribution in [0, 0.1) is 17.3 Å². The van der Waals surface area contributed by atoms with Gasteiger partial charge >= 0.3 is 12.2 Å². The molecule has 3 unspecified atom stereocenters. The number of carbonyl (C=O) groups excluding carboxylic acids is 2. The van der Waals surface area contributed by atoms with E-state index in [9.17, 15) is 9.59 Å². The number of carbonyl (C=O) groups is 2. The van der Waals surface area contributed by atoms with Gasteiger partial charge in [0.05, 0.1) is 13.2 Å². The van der Waals surface area contributed by atoms with Crippen LogP contribution in [0.25, 0.3) is 0 Å². The molecule has 0 aliphatic heterocycles. The van der Waals surface area contributed by atoms with Crippen LogP contribution in [-0.4, -0.2) is 25.4 Å². The quantitative estimate of drug-likeness (QED) is 0.817. The highest BCUT2D eigenvalue weighted by atomic mass is 16.5. The molecule has 21 heavy (non-hydrogen) atoms. The van der Waals surface area contributed by atoms with Gasteiger partial charge in [0.1, 0.15) is 0 Å². The number of fused-ring (bicyclic) bond motifs is 2. The molecule has 6 nitrogen and oxygen atoms in total. The summed E-state index contributed by atoms with van der Waals surface area (Å²) >= 11 is 0. The lowest BCUT2D eigenvalue weighted by molar-refractivity contribution is 0.162. The topological polar surface area (TPSA) is 105 Å². The van der Waals surface area contributed by atoms with Crippen molar-refractivity contribution in [3.63, 3.8) is 0 Å². The summed E-state index contributed by atoms with van der Waals surface area (Å²) in [5.74, 6) is 2.14. The number of hydrogen-bond acceptors (Lipinski definition) is 4. The molecule has 2 amide bonds. The highest BCUT2D eigenvalue weighted by Gasteiger charge is 2.46. The molecule has 0 aromatic rings. The summed E-state index contributed by atoms with van der Waals surface area (Å²) in [5.41, 5.74) is 9.85. The minimum absolute atomic E-state index is 0.356. The molecule has 2 aliphatic carbocycles. The molecule has 0 heterocycles. The lowest BCUT2D eigenvalue weighted by Crippen LogP contribution is -2.18. The fourth-order valence-corrected chi connectivity index (χ4v) is 3.12. The molecule has 0 aromatic heterocycles. The van der Waals surface area contributed by atoms with Crippen LogP contribution in [0.2, 0.25) is 0 Å². The number of amides is 2. The standard InChI is InChI=1S/C9H16.2C3H7NO2/c1-7-5-8-3-4-9(7,2)6-8;2*1-2-6-3(4)5/h7-8H,3-6H2,1-2H3;2*2H2,1H3,(H2,4,5). The molecule has 2 bridgehead atoms. The Balaban J connectivity index is 0.000000300. The summed E-state index contributed by atoms with van der Waals surface area (Å²) in [6, 6.07) is 0. The van der Waals surface area contributed by atoms with Crippen LogP contribution in [0.3, 0.4) is 0 Å². The summed E-state index contributed by atoms with van der Waals surface area (Å²) in [7, 11) is 0. The van der Waals surface area contributed by atoms with E-state index in [2.05, 4.69) is 34.8 Å². The van der Waals surface area contributed by atoms with E-state index in [0.717, 1.165) is 17.3 Å². The molecule has 0 spiro atoms. The van der Waals surface area contributed by atoms with Crippen molar-refractivity contribution in [1.82, 2.24) is 0 Å². The zero-order valence-electron chi connectivity index (χ0n) is 13.7. The van der Waals surface area contributed by atoms with Gasteiger partial charge in [-0.05, 0) is 56.8 Å². The second-order valence-electron chi connectivity index (χ2n) is 5.90. The van der Waals surface area contributed by atoms with E-state index in [-0.39, 0.29) is 0 Å². The van der Waals surface area contributed by atoms with Crippen molar-refractivity contribution in [3.8, 4) is 0 Å². The van der Waals surface area contributed by atoms with Gasteiger partial charge in [-0.3, -0.25) is 0 Å².